The lowest BCUT2D eigenvalue weighted by Crippen LogP contribution is -2.29. The first-order valence-corrected chi connectivity index (χ1v) is 7.51. The van der Waals surface area contributed by atoms with Crippen molar-refractivity contribution >= 4 is 17.5 Å². The molecule has 2 aromatic carbocycles. The van der Waals surface area contributed by atoms with E-state index >= 15 is 0 Å². The Labute approximate surface area is 144 Å². The predicted octanol–water partition coefficient (Wildman–Crippen LogP) is 3.31. The van der Waals surface area contributed by atoms with Crippen LogP contribution in [-0.2, 0) is 0 Å². The number of carbonyl (C=O) groups excluding carboxylic acids is 1. The molecule has 0 saturated carbocycles. The summed E-state index contributed by atoms with van der Waals surface area (Å²) in [6.07, 6.45) is 0. The Bertz CT molecular complexity index is 681. The second kappa shape index (κ2) is 8.40. The van der Waals surface area contributed by atoms with Crippen LogP contribution in [0.2, 0.25) is 5.02 Å². The zero-order chi connectivity index (χ0) is 17.5. The molecule has 7 heteroatoms. The standard InChI is InChI=1S/C17H17ClFNO4/c1-22-11-8-12(23-2)10-13(9-11)24-7-6-20-17(21)16-14(18)4-3-5-15(16)19/h3-5,8-10H,6-7H2,1-2H3,(H,20,21). The molecule has 24 heavy (non-hydrogen) atoms. The Morgan fingerprint density at radius 1 is 1.12 bits per heavy atom. The minimum atomic E-state index is -0.668. The largest absolute Gasteiger partial charge is 0.496 e. The van der Waals surface area contributed by atoms with Crippen LogP contribution >= 0.6 is 11.6 Å². The molecule has 0 aliphatic heterocycles. The molecule has 2 aromatic rings. The first-order valence-electron chi connectivity index (χ1n) is 7.13. The molecule has 1 amide bonds. The fourth-order valence-corrected chi connectivity index (χ4v) is 2.25. The van der Waals surface area contributed by atoms with Crippen LogP contribution in [-0.4, -0.2) is 33.3 Å². The smallest absolute Gasteiger partial charge is 0.255 e. The normalized spacial score (nSPS) is 10.2. The zero-order valence-corrected chi connectivity index (χ0v) is 14.0. The monoisotopic (exact) mass is 353 g/mol. The van der Waals surface area contributed by atoms with E-state index < -0.39 is 11.7 Å². The number of methoxy groups -OCH3 is 2. The van der Waals surface area contributed by atoms with E-state index in [1.807, 2.05) is 0 Å². The maximum absolute atomic E-state index is 13.6. The molecule has 0 aliphatic carbocycles. The summed E-state index contributed by atoms with van der Waals surface area (Å²) in [7, 11) is 3.08. The van der Waals surface area contributed by atoms with Gasteiger partial charge < -0.3 is 19.5 Å². The third-order valence-electron chi connectivity index (χ3n) is 3.17. The number of carbonyl (C=O) groups is 1. The van der Waals surface area contributed by atoms with E-state index in [2.05, 4.69) is 5.32 Å². The maximum Gasteiger partial charge on any atom is 0.255 e. The van der Waals surface area contributed by atoms with Crippen LogP contribution in [0.5, 0.6) is 17.2 Å². The maximum atomic E-state index is 13.6. The number of hydrogen-bond acceptors (Lipinski definition) is 4. The SMILES string of the molecule is COc1cc(OC)cc(OCCNC(=O)c2c(F)cccc2Cl)c1. The number of nitrogens with one attached hydrogen (secondary N) is 1. The van der Waals surface area contributed by atoms with Gasteiger partial charge in [-0.1, -0.05) is 17.7 Å². The second-order valence-corrected chi connectivity index (χ2v) is 5.16. The van der Waals surface area contributed by atoms with Gasteiger partial charge in [0.05, 0.1) is 31.4 Å². The summed E-state index contributed by atoms with van der Waals surface area (Å²) in [4.78, 5) is 12.0. The summed E-state index contributed by atoms with van der Waals surface area (Å²) in [5.74, 6) is 0.450. The molecule has 0 fully saturated rings. The quantitative estimate of drug-likeness (QED) is 0.776. The van der Waals surface area contributed by atoms with Gasteiger partial charge in [-0.3, -0.25) is 4.79 Å². The number of hydrogen-bond donors (Lipinski definition) is 1. The Kier molecular flexibility index (Phi) is 6.26. The van der Waals surface area contributed by atoms with Crippen LogP contribution < -0.4 is 19.5 Å². The van der Waals surface area contributed by atoms with Crippen LogP contribution in [0.1, 0.15) is 10.4 Å². The van der Waals surface area contributed by atoms with E-state index in [4.69, 9.17) is 25.8 Å². The minimum Gasteiger partial charge on any atom is -0.496 e. The van der Waals surface area contributed by atoms with Crippen LogP contribution in [0, 0.1) is 5.82 Å². The highest BCUT2D eigenvalue weighted by Gasteiger charge is 2.15. The highest BCUT2D eigenvalue weighted by Crippen LogP contribution is 2.27. The summed E-state index contributed by atoms with van der Waals surface area (Å²) >= 11 is 5.84. The van der Waals surface area contributed by atoms with Gasteiger partial charge in [-0.2, -0.15) is 0 Å². The second-order valence-electron chi connectivity index (χ2n) is 4.75. The van der Waals surface area contributed by atoms with Crippen molar-refractivity contribution in [2.24, 2.45) is 0 Å². The molecule has 0 spiro atoms. The van der Waals surface area contributed by atoms with Crippen LogP contribution in [0.25, 0.3) is 0 Å². The first kappa shape index (κ1) is 17.9. The lowest BCUT2D eigenvalue weighted by molar-refractivity contribution is 0.0943. The van der Waals surface area contributed by atoms with E-state index in [1.165, 1.54) is 32.4 Å². The number of benzene rings is 2. The van der Waals surface area contributed by atoms with E-state index in [1.54, 1.807) is 18.2 Å². The molecule has 0 unspecified atom stereocenters. The number of halogens is 2. The van der Waals surface area contributed by atoms with Crippen LogP contribution in [0.3, 0.4) is 0 Å². The van der Waals surface area contributed by atoms with Crippen LogP contribution in [0.15, 0.2) is 36.4 Å². The highest BCUT2D eigenvalue weighted by atomic mass is 35.5. The fourth-order valence-electron chi connectivity index (χ4n) is 2.00. The Morgan fingerprint density at radius 2 is 1.75 bits per heavy atom. The molecule has 0 saturated heterocycles. The minimum absolute atomic E-state index is 0.0611. The van der Waals surface area contributed by atoms with Crippen molar-refractivity contribution in [1.82, 2.24) is 5.32 Å². The van der Waals surface area contributed by atoms with Crippen molar-refractivity contribution in [3.8, 4) is 17.2 Å². The molecule has 0 radical (unpaired) electrons. The topological polar surface area (TPSA) is 56.8 Å². The van der Waals surface area contributed by atoms with Crippen molar-refractivity contribution in [2.75, 3.05) is 27.4 Å². The van der Waals surface area contributed by atoms with E-state index in [9.17, 15) is 9.18 Å². The fraction of sp³-hybridized carbons (Fsp3) is 0.235. The molecule has 0 bridgehead atoms. The van der Waals surface area contributed by atoms with Crippen molar-refractivity contribution in [1.29, 1.82) is 0 Å². The van der Waals surface area contributed by atoms with Gasteiger partial charge in [0.1, 0.15) is 29.7 Å². The molecule has 5 nitrogen and oxygen atoms in total. The average molecular weight is 354 g/mol. The molecular weight excluding hydrogens is 337 g/mol. The molecule has 128 valence electrons. The summed E-state index contributed by atoms with van der Waals surface area (Å²) in [5, 5.41) is 2.62. The van der Waals surface area contributed by atoms with Crippen LogP contribution in [0.4, 0.5) is 4.39 Å². The van der Waals surface area contributed by atoms with Crippen molar-refractivity contribution in [3.63, 3.8) is 0 Å². The van der Waals surface area contributed by atoms with Gasteiger partial charge in [0, 0.05) is 18.2 Å². The number of rotatable bonds is 7. The molecule has 0 atom stereocenters. The molecule has 0 aliphatic rings. The summed E-state index contributed by atoms with van der Waals surface area (Å²) < 4.78 is 29.5. The molecular formula is C17H17ClFNO4. The van der Waals surface area contributed by atoms with E-state index in [0.717, 1.165) is 0 Å². The predicted molar refractivity (Wildman–Crippen MR) is 88.8 cm³/mol. The van der Waals surface area contributed by atoms with Gasteiger partial charge >= 0.3 is 0 Å². The Balaban J connectivity index is 1.90. The van der Waals surface area contributed by atoms with Crippen molar-refractivity contribution in [2.45, 2.75) is 0 Å². The first-order chi connectivity index (χ1) is 11.5. The number of amides is 1. The number of ether oxygens (including phenoxy) is 3. The third kappa shape index (κ3) is 4.52. The Morgan fingerprint density at radius 3 is 2.33 bits per heavy atom. The van der Waals surface area contributed by atoms with Gasteiger partial charge in [-0.25, -0.2) is 4.39 Å². The van der Waals surface area contributed by atoms with Crippen molar-refractivity contribution < 1.29 is 23.4 Å². The Hall–Kier alpha value is -2.47. The van der Waals surface area contributed by atoms with Gasteiger partial charge in [-0.05, 0) is 12.1 Å². The molecule has 2 rings (SSSR count). The third-order valence-corrected chi connectivity index (χ3v) is 3.49. The highest BCUT2D eigenvalue weighted by molar-refractivity contribution is 6.33. The average Bonchev–Trinajstić information content (AvgIpc) is 2.58. The summed E-state index contributed by atoms with van der Waals surface area (Å²) in [6.45, 7) is 0.372. The lowest BCUT2D eigenvalue weighted by atomic mass is 10.2. The molecule has 1 N–H and O–H groups in total. The lowest BCUT2D eigenvalue weighted by Gasteiger charge is -2.11. The summed E-state index contributed by atoms with van der Waals surface area (Å²) in [6, 6.07) is 9.18. The van der Waals surface area contributed by atoms with E-state index in [-0.39, 0.29) is 23.7 Å². The van der Waals surface area contributed by atoms with Gasteiger partial charge in [0.25, 0.3) is 5.91 Å². The van der Waals surface area contributed by atoms with Gasteiger partial charge in [0.2, 0.25) is 0 Å². The van der Waals surface area contributed by atoms with Gasteiger partial charge in [-0.15, -0.1) is 0 Å². The van der Waals surface area contributed by atoms with Gasteiger partial charge in [0.15, 0.2) is 0 Å². The van der Waals surface area contributed by atoms with E-state index in [0.29, 0.717) is 17.2 Å². The summed E-state index contributed by atoms with van der Waals surface area (Å²) in [5.41, 5.74) is -0.179. The molecule has 0 heterocycles. The van der Waals surface area contributed by atoms with Crippen molar-refractivity contribution in [3.05, 3.63) is 52.8 Å². The molecule has 0 aromatic heterocycles. The zero-order valence-electron chi connectivity index (χ0n) is 13.3.